The van der Waals surface area contributed by atoms with Crippen molar-refractivity contribution in [3.05, 3.63) is 35.9 Å². The van der Waals surface area contributed by atoms with Crippen LogP contribution in [0.3, 0.4) is 0 Å². The van der Waals surface area contributed by atoms with Crippen LogP contribution >= 0.6 is 24.4 Å². The number of carboxylic acids is 2. The first-order valence-corrected chi connectivity index (χ1v) is 40.2. The molecule has 1 saturated heterocycles. The molecule has 41 heteroatoms. The van der Waals surface area contributed by atoms with Crippen molar-refractivity contribution in [1.82, 2.24) is 74.0 Å². The maximum absolute atomic E-state index is 14.6. The number of amides is 16. The van der Waals surface area contributed by atoms with Crippen LogP contribution in [0.5, 0.6) is 0 Å². The fourth-order valence-electron chi connectivity index (χ4n) is 11.8. The normalized spacial score (nSPS) is 16.3. The summed E-state index contributed by atoms with van der Waals surface area (Å²) in [5.74, 6) is -19.6. The van der Waals surface area contributed by atoms with Crippen LogP contribution in [0, 0.1) is 23.7 Å². The van der Waals surface area contributed by atoms with Gasteiger partial charge in [-0.2, -0.15) is 24.4 Å². The lowest BCUT2D eigenvalue weighted by molar-refractivity contribution is -0.142. The van der Waals surface area contributed by atoms with Crippen molar-refractivity contribution in [2.24, 2.45) is 52.3 Å². The summed E-state index contributed by atoms with van der Waals surface area (Å²) in [6.07, 6.45) is 1.31. The van der Waals surface area contributed by atoms with Crippen molar-refractivity contribution < 1.29 is 96.5 Å². The summed E-state index contributed by atoms with van der Waals surface area (Å²) < 4.78 is 0. The first-order chi connectivity index (χ1) is 53.7. The number of rotatable bonds is 54. The Balaban J connectivity index is 2.38. The standard InChI is InChI=1S/C73H121N19O20S2/c1-11-40(8)59(91-72(110)58(39(6)7)90-67(105)49(34-53(78)94)85-63(101)45(23-16-18-29-75)83-70(108)57(38(4)5)89-66(104)48(33-52(77)93)84-61(99)43(76)25-26-55(96)97)69(107)79-35-54(95)92-30-19-24-51(92)68(106)86-47(32-42-20-13-12-14-21-42)65(103)82-46(27-31-114-10)64(102)81-44(22-15-17-28-74)62(100)80-41(9)60(98)88-56(37(2)3)71(109)87-50(36-113)73(111)112/h12-14,20-21,37-41,43-51,56-59,113H,11,15-19,22-36,74-76H2,1-10H3,(H2,77,93)(H2,78,94)(H,79,107)(H,80,100)(H,81,102)(H,82,103)(H,83,108)(H,84,99)(H,85,101)(H,86,106)(H,87,109)(H,88,98)(H,89,104)(H,90,105)(H,91,110)(H,96,97)(H,111,112)/t40-,41-,43-,44-,45-,46-,47-,48-,49-,50-,51-,56-,57-,58-,59-/m0/s1. The third-order valence-corrected chi connectivity index (χ3v) is 19.8. The summed E-state index contributed by atoms with van der Waals surface area (Å²) in [6.45, 7) is 13.9. The summed E-state index contributed by atoms with van der Waals surface area (Å²) in [4.78, 5) is 244. The Hall–Kier alpha value is -9.74. The van der Waals surface area contributed by atoms with Crippen molar-refractivity contribution in [2.45, 2.75) is 243 Å². The fourth-order valence-corrected chi connectivity index (χ4v) is 12.5. The number of thioether (sulfide) groups is 1. The zero-order chi connectivity index (χ0) is 86.2. The van der Waals surface area contributed by atoms with Crippen LogP contribution in [0.25, 0.3) is 0 Å². The smallest absolute Gasteiger partial charge is 0.327 e. The molecule has 0 aliphatic carbocycles. The number of nitrogens with two attached hydrogens (primary N) is 5. The first-order valence-electron chi connectivity index (χ1n) is 38.2. The van der Waals surface area contributed by atoms with Gasteiger partial charge in [-0.1, -0.05) is 92.1 Å². The lowest BCUT2D eigenvalue weighted by Crippen LogP contribution is -2.62. The van der Waals surface area contributed by atoms with E-state index in [2.05, 4.69) is 81.7 Å². The van der Waals surface area contributed by atoms with Crippen LogP contribution in [-0.2, 0) is 92.7 Å². The molecular weight excluding hydrogens is 1530 g/mol. The van der Waals surface area contributed by atoms with Crippen LogP contribution in [0.4, 0.5) is 0 Å². The van der Waals surface area contributed by atoms with Crippen LogP contribution < -0.4 is 97.8 Å². The largest absolute Gasteiger partial charge is 0.481 e. The molecule has 0 bridgehead atoms. The van der Waals surface area contributed by atoms with Gasteiger partial charge < -0.3 is 113 Å². The molecule has 1 aromatic rings. The van der Waals surface area contributed by atoms with Crippen LogP contribution in [0.1, 0.15) is 158 Å². The highest BCUT2D eigenvalue weighted by Gasteiger charge is 2.41. The molecule has 640 valence electrons. The van der Waals surface area contributed by atoms with Gasteiger partial charge in [0, 0.05) is 25.1 Å². The third kappa shape index (κ3) is 35.3. The van der Waals surface area contributed by atoms with Gasteiger partial charge >= 0.3 is 11.9 Å². The summed E-state index contributed by atoms with van der Waals surface area (Å²) in [6, 6.07) is -11.0. The summed E-state index contributed by atoms with van der Waals surface area (Å²) >= 11 is 5.33. The van der Waals surface area contributed by atoms with Crippen molar-refractivity contribution in [1.29, 1.82) is 0 Å². The maximum atomic E-state index is 14.6. The molecule has 25 N–H and O–H groups in total. The van der Waals surface area contributed by atoms with Crippen molar-refractivity contribution in [2.75, 3.05) is 43.9 Å². The number of thiol groups is 1. The SMILES string of the molecule is CC[C@H](C)[C@H](NC(=O)[C@@H](NC(=O)[C@H](CC(N)=O)NC(=O)[C@H](CCCCN)NC(=O)[C@@H](NC(=O)[C@H](CC(N)=O)NC(=O)[C@@H](N)CCC(=O)O)C(C)C)C(C)C)C(=O)NCC(=O)N1CCC[C@H]1C(=O)N[C@@H](Cc1ccccc1)C(=O)N[C@@H](CCSC)C(=O)N[C@@H](CCCCN)C(=O)N[C@@H](C)C(=O)N[C@H](C(=O)N[C@@H](CS)C(=O)O)C(C)C. The number of carboxylic acid groups (broad SMARTS) is 2. The molecule has 0 radical (unpaired) electrons. The van der Waals surface area contributed by atoms with Gasteiger partial charge in [0.15, 0.2) is 0 Å². The number of carbonyl (C=O) groups excluding carboxylic acids is 16. The number of benzene rings is 1. The van der Waals surface area contributed by atoms with Crippen molar-refractivity contribution >= 4 is 131 Å². The van der Waals surface area contributed by atoms with E-state index in [1.54, 1.807) is 78.1 Å². The van der Waals surface area contributed by atoms with Crippen molar-refractivity contribution in [3.8, 4) is 0 Å². The van der Waals surface area contributed by atoms with E-state index in [-0.39, 0.29) is 76.8 Å². The van der Waals surface area contributed by atoms with Gasteiger partial charge in [0.25, 0.3) is 0 Å². The molecule has 114 heavy (non-hydrogen) atoms. The van der Waals surface area contributed by atoms with Gasteiger partial charge in [0.05, 0.1) is 25.4 Å². The molecule has 0 saturated carbocycles. The Kier molecular flexibility index (Phi) is 45.7. The number of nitrogens with zero attached hydrogens (tertiary/aromatic N) is 1. The van der Waals surface area contributed by atoms with Crippen LogP contribution in [0.2, 0.25) is 0 Å². The van der Waals surface area contributed by atoms with E-state index < -0.39 is 241 Å². The molecule has 39 nitrogen and oxygen atoms in total. The molecule has 1 aliphatic heterocycles. The topological polar surface area (TPSA) is 637 Å². The lowest BCUT2D eigenvalue weighted by Gasteiger charge is -2.30. The summed E-state index contributed by atoms with van der Waals surface area (Å²) in [5, 5.41) is 51.6. The van der Waals surface area contributed by atoms with Gasteiger partial charge in [-0.25, -0.2) is 4.79 Å². The number of unbranched alkanes of at least 4 members (excludes halogenated alkanes) is 2. The second kappa shape index (κ2) is 51.9. The Labute approximate surface area is 673 Å². The third-order valence-electron chi connectivity index (χ3n) is 18.8. The Bertz CT molecular complexity index is 3450. The minimum atomic E-state index is -1.79. The number of likely N-dealkylation sites (tertiary alicyclic amines) is 1. The predicted octanol–water partition coefficient (Wildman–Crippen LogP) is -4.84. The molecule has 1 heterocycles. The number of nitrogens with one attached hydrogen (secondary N) is 13. The van der Waals surface area contributed by atoms with Gasteiger partial charge in [0.1, 0.15) is 78.5 Å². The van der Waals surface area contributed by atoms with E-state index in [1.165, 1.54) is 37.4 Å². The average molecular weight is 1650 g/mol. The van der Waals surface area contributed by atoms with Crippen LogP contribution in [-0.4, -0.2) is 250 Å². The molecule has 1 aromatic carbocycles. The van der Waals surface area contributed by atoms with E-state index in [0.29, 0.717) is 37.0 Å². The lowest BCUT2D eigenvalue weighted by atomic mass is 9.96. The average Bonchev–Trinajstić information content (AvgIpc) is 1.67. The van der Waals surface area contributed by atoms with Gasteiger partial charge in [-0.15, -0.1) is 0 Å². The second-order valence-corrected chi connectivity index (χ2v) is 30.5. The number of hydrogen-bond acceptors (Lipinski definition) is 23. The van der Waals surface area contributed by atoms with E-state index in [1.807, 2.05) is 0 Å². The highest BCUT2D eigenvalue weighted by molar-refractivity contribution is 7.98. The molecule has 1 fully saturated rings. The minimum absolute atomic E-state index is 0.0390. The number of hydrogen-bond donors (Lipinski definition) is 21. The van der Waals surface area contributed by atoms with E-state index in [0.717, 1.165) is 0 Å². The zero-order valence-corrected chi connectivity index (χ0v) is 68.3. The molecular formula is C73H121N19O20S2. The predicted molar refractivity (Wildman–Crippen MR) is 423 cm³/mol. The number of aliphatic carboxylic acids is 2. The molecule has 0 unspecified atom stereocenters. The number of primary amides is 2. The molecule has 15 atom stereocenters. The molecule has 2 rings (SSSR count). The molecule has 16 amide bonds. The number of carbonyl (C=O) groups is 18. The quantitative estimate of drug-likeness (QED) is 0.0215. The Morgan fingerprint density at radius 2 is 0.921 bits per heavy atom. The van der Waals surface area contributed by atoms with E-state index in [9.17, 15) is 91.4 Å². The van der Waals surface area contributed by atoms with Crippen LogP contribution in [0.15, 0.2) is 30.3 Å². The summed E-state index contributed by atoms with van der Waals surface area (Å²) in [7, 11) is 0. The van der Waals surface area contributed by atoms with E-state index in [4.69, 9.17) is 33.8 Å². The molecule has 1 aliphatic rings. The second-order valence-electron chi connectivity index (χ2n) is 29.1. The summed E-state index contributed by atoms with van der Waals surface area (Å²) in [5.41, 5.74) is 28.9. The Morgan fingerprint density at radius 3 is 1.37 bits per heavy atom. The van der Waals surface area contributed by atoms with E-state index >= 15 is 0 Å². The van der Waals surface area contributed by atoms with Gasteiger partial charge in [0.2, 0.25) is 94.5 Å². The Morgan fingerprint density at radius 1 is 0.500 bits per heavy atom. The van der Waals surface area contributed by atoms with Gasteiger partial charge in [-0.05, 0) is 125 Å². The monoisotopic (exact) mass is 1650 g/mol. The van der Waals surface area contributed by atoms with Crippen molar-refractivity contribution in [3.63, 3.8) is 0 Å². The zero-order valence-electron chi connectivity index (χ0n) is 66.6. The van der Waals surface area contributed by atoms with Gasteiger partial charge in [-0.3, -0.25) is 81.5 Å². The maximum Gasteiger partial charge on any atom is 0.327 e. The highest BCUT2D eigenvalue weighted by atomic mass is 32.2. The minimum Gasteiger partial charge on any atom is -0.481 e. The molecule has 0 aromatic heterocycles. The first kappa shape index (κ1) is 100. The molecule has 0 spiro atoms. The fraction of sp³-hybridized carbons (Fsp3) is 0.671. The highest BCUT2D eigenvalue weighted by Crippen LogP contribution is 2.20.